The van der Waals surface area contributed by atoms with Gasteiger partial charge in [0.15, 0.2) is 0 Å². The number of carbonyl (C=O) groups excluding carboxylic acids is 2. The van der Waals surface area contributed by atoms with Crippen LogP contribution in [0.25, 0.3) is 0 Å². The van der Waals surface area contributed by atoms with Crippen molar-refractivity contribution < 1.29 is 14.3 Å². The maximum Gasteiger partial charge on any atom is 0.329 e. The molecule has 0 aliphatic carbocycles. The zero-order valence-corrected chi connectivity index (χ0v) is 17.9. The van der Waals surface area contributed by atoms with Gasteiger partial charge in [0.05, 0.1) is 6.21 Å². The summed E-state index contributed by atoms with van der Waals surface area (Å²) < 4.78 is 5.77. The average Bonchev–Trinajstić information content (AvgIpc) is 2.72. The Morgan fingerprint density at radius 1 is 0.968 bits per heavy atom. The van der Waals surface area contributed by atoms with Gasteiger partial charge in [0.25, 0.3) is 0 Å². The minimum Gasteiger partial charge on any atom is -0.489 e. The van der Waals surface area contributed by atoms with Gasteiger partial charge in [-0.15, -0.1) is 0 Å². The summed E-state index contributed by atoms with van der Waals surface area (Å²) in [5.74, 6) is -1.02. The molecule has 3 rings (SSSR count). The fourth-order valence-corrected chi connectivity index (χ4v) is 3.10. The van der Waals surface area contributed by atoms with Crippen molar-refractivity contribution in [3.63, 3.8) is 0 Å². The SMILES string of the molecule is Cc1cc(C)cc(NC(=O)C(=O)N/N=C/c2cccc(OCc3ccccc3Cl)c2)c1. The van der Waals surface area contributed by atoms with Gasteiger partial charge in [-0.2, -0.15) is 5.10 Å². The maximum atomic E-state index is 12.1. The molecular weight excluding hydrogens is 414 g/mol. The first kappa shape index (κ1) is 22.1. The summed E-state index contributed by atoms with van der Waals surface area (Å²) in [5, 5.41) is 7.05. The summed E-state index contributed by atoms with van der Waals surface area (Å²) in [7, 11) is 0. The highest BCUT2D eigenvalue weighted by atomic mass is 35.5. The van der Waals surface area contributed by atoms with Gasteiger partial charge in [-0.25, -0.2) is 5.43 Å². The lowest BCUT2D eigenvalue weighted by molar-refractivity contribution is -0.136. The fourth-order valence-electron chi connectivity index (χ4n) is 2.91. The maximum absolute atomic E-state index is 12.1. The number of nitrogens with one attached hydrogen (secondary N) is 2. The van der Waals surface area contributed by atoms with Crippen LogP contribution in [0.4, 0.5) is 5.69 Å². The molecule has 0 saturated heterocycles. The molecule has 0 unspecified atom stereocenters. The average molecular weight is 436 g/mol. The van der Waals surface area contributed by atoms with Crippen LogP contribution < -0.4 is 15.5 Å². The summed E-state index contributed by atoms with van der Waals surface area (Å²) in [4.78, 5) is 24.0. The largest absolute Gasteiger partial charge is 0.489 e. The number of hydrogen-bond donors (Lipinski definition) is 2. The second-order valence-corrected chi connectivity index (χ2v) is 7.39. The Hall–Kier alpha value is -3.64. The third kappa shape index (κ3) is 6.69. The van der Waals surface area contributed by atoms with Crippen LogP contribution >= 0.6 is 11.6 Å². The molecule has 0 atom stereocenters. The Morgan fingerprint density at radius 3 is 2.45 bits per heavy atom. The van der Waals surface area contributed by atoms with Crippen LogP contribution in [0.15, 0.2) is 71.8 Å². The molecular formula is C24H22ClN3O3. The number of aryl methyl sites for hydroxylation is 2. The first-order chi connectivity index (χ1) is 14.9. The van der Waals surface area contributed by atoms with E-state index in [1.54, 1.807) is 30.3 Å². The molecule has 0 aliphatic heterocycles. The first-order valence-corrected chi connectivity index (χ1v) is 9.97. The number of halogens is 1. The first-order valence-electron chi connectivity index (χ1n) is 9.59. The van der Waals surface area contributed by atoms with E-state index >= 15 is 0 Å². The third-order valence-electron chi connectivity index (χ3n) is 4.28. The highest BCUT2D eigenvalue weighted by molar-refractivity contribution is 6.39. The molecule has 0 saturated carbocycles. The highest BCUT2D eigenvalue weighted by Gasteiger charge is 2.13. The Labute approximate surface area is 185 Å². The molecule has 0 aromatic heterocycles. The van der Waals surface area contributed by atoms with Gasteiger partial charge in [-0.05, 0) is 60.9 Å². The van der Waals surface area contributed by atoms with Gasteiger partial charge in [0, 0.05) is 16.3 Å². The van der Waals surface area contributed by atoms with Gasteiger partial charge < -0.3 is 10.1 Å². The predicted molar refractivity (Wildman–Crippen MR) is 123 cm³/mol. The summed E-state index contributed by atoms with van der Waals surface area (Å²) >= 11 is 6.14. The number of nitrogens with zero attached hydrogens (tertiary/aromatic N) is 1. The lowest BCUT2D eigenvalue weighted by Gasteiger charge is -2.08. The highest BCUT2D eigenvalue weighted by Crippen LogP contribution is 2.19. The lowest BCUT2D eigenvalue weighted by atomic mass is 10.1. The van der Waals surface area contributed by atoms with Crippen LogP contribution in [0.2, 0.25) is 5.02 Å². The van der Waals surface area contributed by atoms with Crippen molar-refractivity contribution in [1.82, 2.24) is 5.43 Å². The van der Waals surface area contributed by atoms with Crippen LogP contribution in [0.3, 0.4) is 0 Å². The van der Waals surface area contributed by atoms with E-state index in [4.69, 9.17) is 16.3 Å². The lowest BCUT2D eigenvalue weighted by Crippen LogP contribution is -2.32. The monoisotopic (exact) mass is 435 g/mol. The summed E-state index contributed by atoms with van der Waals surface area (Å²) in [5.41, 5.74) is 6.35. The van der Waals surface area contributed by atoms with E-state index in [0.717, 1.165) is 16.7 Å². The van der Waals surface area contributed by atoms with Crippen molar-refractivity contribution in [2.75, 3.05) is 5.32 Å². The Balaban J connectivity index is 1.54. The molecule has 0 aliphatic rings. The molecule has 0 radical (unpaired) electrons. The number of amides is 2. The number of benzene rings is 3. The minimum atomic E-state index is -0.860. The molecule has 0 bridgehead atoms. The van der Waals surface area contributed by atoms with Crippen molar-refractivity contribution in [1.29, 1.82) is 0 Å². The molecule has 6 nitrogen and oxygen atoms in total. The van der Waals surface area contributed by atoms with Gasteiger partial charge in [0.1, 0.15) is 12.4 Å². The standard InChI is InChI=1S/C24H22ClN3O3/c1-16-10-17(2)12-20(11-16)27-23(29)24(30)28-26-14-18-6-5-8-21(13-18)31-15-19-7-3-4-9-22(19)25/h3-14H,15H2,1-2H3,(H,27,29)(H,28,30)/b26-14+. The van der Waals surface area contributed by atoms with Crippen LogP contribution in [0.1, 0.15) is 22.3 Å². The molecule has 2 amide bonds. The van der Waals surface area contributed by atoms with Crippen molar-refractivity contribution in [2.45, 2.75) is 20.5 Å². The number of hydrazone groups is 1. The summed E-state index contributed by atoms with van der Waals surface area (Å²) in [6, 6.07) is 20.2. The molecule has 31 heavy (non-hydrogen) atoms. The summed E-state index contributed by atoms with van der Waals surface area (Å²) in [6.45, 7) is 4.16. The second-order valence-electron chi connectivity index (χ2n) is 6.98. The smallest absolute Gasteiger partial charge is 0.329 e. The van der Waals surface area contributed by atoms with Crippen molar-refractivity contribution in [3.05, 3.63) is 94.0 Å². The normalized spacial score (nSPS) is 10.7. The molecule has 0 spiro atoms. The van der Waals surface area contributed by atoms with E-state index in [1.165, 1.54) is 6.21 Å². The van der Waals surface area contributed by atoms with Gasteiger partial charge in [0.2, 0.25) is 0 Å². The predicted octanol–water partition coefficient (Wildman–Crippen LogP) is 4.62. The number of carbonyl (C=O) groups is 2. The van der Waals surface area contributed by atoms with E-state index in [9.17, 15) is 9.59 Å². The van der Waals surface area contributed by atoms with Crippen LogP contribution in [0.5, 0.6) is 5.75 Å². The molecule has 3 aromatic rings. The van der Waals surface area contributed by atoms with Crippen molar-refractivity contribution in [2.24, 2.45) is 5.10 Å². The van der Waals surface area contributed by atoms with E-state index in [-0.39, 0.29) is 0 Å². The van der Waals surface area contributed by atoms with Crippen LogP contribution in [0, 0.1) is 13.8 Å². The van der Waals surface area contributed by atoms with E-state index < -0.39 is 11.8 Å². The van der Waals surface area contributed by atoms with E-state index in [2.05, 4.69) is 15.8 Å². The van der Waals surface area contributed by atoms with Gasteiger partial charge >= 0.3 is 11.8 Å². The zero-order chi connectivity index (χ0) is 22.2. The number of hydrogen-bond acceptors (Lipinski definition) is 4. The van der Waals surface area contributed by atoms with E-state index in [0.29, 0.717) is 28.6 Å². The third-order valence-corrected chi connectivity index (χ3v) is 4.64. The van der Waals surface area contributed by atoms with Crippen LogP contribution in [-0.4, -0.2) is 18.0 Å². The molecule has 0 fully saturated rings. The zero-order valence-electron chi connectivity index (χ0n) is 17.2. The Kier molecular flexibility index (Phi) is 7.40. The van der Waals surface area contributed by atoms with Crippen molar-refractivity contribution >= 4 is 35.3 Å². The molecule has 2 N–H and O–H groups in total. The summed E-state index contributed by atoms with van der Waals surface area (Å²) in [6.07, 6.45) is 1.43. The van der Waals surface area contributed by atoms with E-state index in [1.807, 2.05) is 50.2 Å². The minimum absolute atomic E-state index is 0.329. The number of rotatable bonds is 6. The van der Waals surface area contributed by atoms with Gasteiger partial charge in [-0.3, -0.25) is 9.59 Å². The topological polar surface area (TPSA) is 79.8 Å². The molecule has 0 heterocycles. The number of ether oxygens (including phenoxy) is 1. The second kappa shape index (κ2) is 10.4. The molecule has 158 valence electrons. The Morgan fingerprint density at radius 2 is 1.71 bits per heavy atom. The Bertz CT molecular complexity index is 1110. The van der Waals surface area contributed by atoms with Gasteiger partial charge in [-0.1, -0.05) is 48.0 Å². The fraction of sp³-hybridized carbons (Fsp3) is 0.125. The van der Waals surface area contributed by atoms with Crippen molar-refractivity contribution in [3.8, 4) is 5.75 Å². The molecule has 3 aromatic carbocycles. The number of anilines is 1. The quantitative estimate of drug-likeness (QED) is 0.336. The van der Waals surface area contributed by atoms with Crippen LogP contribution in [-0.2, 0) is 16.2 Å². The molecule has 7 heteroatoms.